The van der Waals surface area contributed by atoms with Gasteiger partial charge in [-0.2, -0.15) is 0 Å². The Labute approximate surface area is 119 Å². The zero-order valence-corrected chi connectivity index (χ0v) is 13.2. The summed E-state index contributed by atoms with van der Waals surface area (Å²) < 4.78 is 6.26. The van der Waals surface area contributed by atoms with Crippen LogP contribution in [0.15, 0.2) is 22.7 Å². The Hall–Kier alpha value is -0.540. The van der Waals surface area contributed by atoms with Crippen LogP contribution in [0.25, 0.3) is 0 Å². The van der Waals surface area contributed by atoms with Gasteiger partial charge in [0.1, 0.15) is 5.75 Å². The molecule has 2 unspecified atom stereocenters. The number of benzene rings is 1. The van der Waals surface area contributed by atoms with Crippen LogP contribution in [0.2, 0.25) is 0 Å². The van der Waals surface area contributed by atoms with Crippen molar-refractivity contribution in [3.8, 4) is 5.75 Å². The van der Waals surface area contributed by atoms with Gasteiger partial charge in [-0.3, -0.25) is 0 Å². The van der Waals surface area contributed by atoms with Crippen molar-refractivity contribution in [3.63, 3.8) is 0 Å². The Balaban J connectivity index is 2.83. The first-order chi connectivity index (χ1) is 8.63. The molecule has 2 nitrogen and oxygen atoms in total. The van der Waals surface area contributed by atoms with Crippen molar-refractivity contribution in [1.29, 1.82) is 0 Å². The van der Waals surface area contributed by atoms with Crippen LogP contribution in [0.3, 0.4) is 0 Å². The number of ether oxygens (including phenoxy) is 1. The molecule has 0 aromatic heterocycles. The lowest BCUT2D eigenvalue weighted by Gasteiger charge is -2.24. The fourth-order valence-electron chi connectivity index (χ4n) is 2.26. The van der Waals surface area contributed by atoms with Crippen molar-refractivity contribution >= 4 is 15.9 Å². The minimum absolute atomic E-state index is 0.0989. The van der Waals surface area contributed by atoms with E-state index in [9.17, 15) is 0 Å². The molecule has 0 spiro atoms. The molecule has 1 aromatic rings. The standard InChI is InChI=1S/C15H24BrNO/c1-4-6-7-11(5-2)15(17)13-9-8-12(18-3)10-14(13)16/h8-11,15H,4-7,17H2,1-3H3. The van der Waals surface area contributed by atoms with Crippen molar-refractivity contribution < 1.29 is 4.74 Å². The Morgan fingerprint density at radius 1 is 1.33 bits per heavy atom. The largest absolute Gasteiger partial charge is 0.497 e. The number of hydrogen-bond donors (Lipinski definition) is 1. The third kappa shape index (κ3) is 3.99. The summed E-state index contributed by atoms with van der Waals surface area (Å²) >= 11 is 3.59. The van der Waals surface area contributed by atoms with E-state index in [2.05, 4.69) is 35.8 Å². The molecule has 0 heterocycles. The van der Waals surface area contributed by atoms with Gasteiger partial charge >= 0.3 is 0 Å². The van der Waals surface area contributed by atoms with Crippen molar-refractivity contribution in [2.75, 3.05) is 7.11 Å². The highest BCUT2D eigenvalue weighted by Crippen LogP contribution is 2.33. The van der Waals surface area contributed by atoms with Gasteiger partial charge in [0.15, 0.2) is 0 Å². The van der Waals surface area contributed by atoms with Gasteiger partial charge in [-0.15, -0.1) is 0 Å². The molecule has 0 radical (unpaired) electrons. The molecule has 0 amide bonds. The van der Waals surface area contributed by atoms with E-state index in [0.717, 1.165) is 16.6 Å². The number of hydrogen-bond acceptors (Lipinski definition) is 2. The molecule has 2 atom stereocenters. The van der Waals surface area contributed by atoms with E-state index in [-0.39, 0.29) is 6.04 Å². The van der Waals surface area contributed by atoms with Crippen LogP contribution in [-0.4, -0.2) is 7.11 Å². The Kier molecular flexibility index (Phi) is 6.72. The van der Waals surface area contributed by atoms with Gasteiger partial charge in [-0.25, -0.2) is 0 Å². The van der Waals surface area contributed by atoms with Crippen LogP contribution >= 0.6 is 15.9 Å². The van der Waals surface area contributed by atoms with Gasteiger partial charge in [-0.05, 0) is 30.0 Å². The molecule has 0 bridgehead atoms. The Bertz CT molecular complexity index is 368. The number of unbranched alkanes of at least 4 members (excludes halogenated alkanes) is 1. The van der Waals surface area contributed by atoms with Crippen molar-refractivity contribution in [2.45, 2.75) is 45.6 Å². The molecule has 18 heavy (non-hydrogen) atoms. The molecule has 3 heteroatoms. The quantitative estimate of drug-likeness (QED) is 0.793. The van der Waals surface area contributed by atoms with Crippen LogP contribution in [0.5, 0.6) is 5.75 Å². The molecule has 0 aliphatic carbocycles. The van der Waals surface area contributed by atoms with Crippen LogP contribution in [-0.2, 0) is 0 Å². The molecule has 0 aliphatic heterocycles. The summed E-state index contributed by atoms with van der Waals surface area (Å²) in [7, 11) is 1.68. The van der Waals surface area contributed by atoms with Gasteiger partial charge in [-0.1, -0.05) is 55.1 Å². The highest BCUT2D eigenvalue weighted by atomic mass is 79.9. The first kappa shape index (κ1) is 15.5. The SMILES string of the molecule is CCCCC(CC)C(N)c1ccc(OC)cc1Br. The van der Waals surface area contributed by atoms with Gasteiger partial charge < -0.3 is 10.5 Å². The van der Waals surface area contributed by atoms with Gasteiger partial charge in [0.2, 0.25) is 0 Å². The summed E-state index contributed by atoms with van der Waals surface area (Å²) in [6.45, 7) is 4.44. The van der Waals surface area contributed by atoms with Crippen LogP contribution in [0, 0.1) is 5.92 Å². The Morgan fingerprint density at radius 3 is 2.56 bits per heavy atom. The molecule has 1 aromatic carbocycles. The van der Waals surface area contributed by atoms with Crippen molar-refractivity contribution in [1.82, 2.24) is 0 Å². The highest BCUT2D eigenvalue weighted by Gasteiger charge is 2.19. The summed E-state index contributed by atoms with van der Waals surface area (Å²) in [5.41, 5.74) is 7.59. The van der Waals surface area contributed by atoms with E-state index in [4.69, 9.17) is 10.5 Å². The van der Waals surface area contributed by atoms with Crippen molar-refractivity contribution in [2.24, 2.45) is 11.7 Å². The lowest BCUT2D eigenvalue weighted by Crippen LogP contribution is -2.21. The van der Waals surface area contributed by atoms with E-state index in [0.29, 0.717) is 5.92 Å². The maximum Gasteiger partial charge on any atom is 0.120 e. The van der Waals surface area contributed by atoms with Crippen LogP contribution < -0.4 is 10.5 Å². The predicted octanol–water partition coefficient (Wildman–Crippen LogP) is 4.67. The summed E-state index contributed by atoms with van der Waals surface area (Å²) in [6, 6.07) is 6.14. The molecule has 0 saturated heterocycles. The van der Waals surface area contributed by atoms with E-state index in [1.165, 1.54) is 24.8 Å². The molecule has 0 aliphatic rings. The summed E-state index contributed by atoms with van der Waals surface area (Å²) in [4.78, 5) is 0. The number of halogens is 1. The average molecular weight is 314 g/mol. The maximum absolute atomic E-state index is 6.41. The number of nitrogens with two attached hydrogens (primary N) is 1. The van der Waals surface area contributed by atoms with E-state index in [1.54, 1.807) is 7.11 Å². The van der Waals surface area contributed by atoms with E-state index in [1.807, 2.05) is 12.1 Å². The molecular weight excluding hydrogens is 290 g/mol. The molecular formula is C15H24BrNO. The maximum atomic E-state index is 6.41. The summed E-state index contributed by atoms with van der Waals surface area (Å²) in [5.74, 6) is 1.41. The second kappa shape index (κ2) is 7.80. The van der Waals surface area contributed by atoms with Crippen LogP contribution in [0.4, 0.5) is 0 Å². The fraction of sp³-hybridized carbons (Fsp3) is 0.600. The zero-order valence-electron chi connectivity index (χ0n) is 11.6. The first-order valence-corrected chi connectivity index (χ1v) is 7.52. The molecule has 102 valence electrons. The average Bonchev–Trinajstić information content (AvgIpc) is 2.39. The van der Waals surface area contributed by atoms with Gasteiger partial charge in [0.25, 0.3) is 0 Å². The minimum Gasteiger partial charge on any atom is -0.497 e. The number of methoxy groups -OCH3 is 1. The lowest BCUT2D eigenvalue weighted by molar-refractivity contribution is 0.376. The van der Waals surface area contributed by atoms with Gasteiger partial charge in [0, 0.05) is 10.5 Å². The molecule has 2 N–H and O–H groups in total. The highest BCUT2D eigenvalue weighted by molar-refractivity contribution is 9.10. The normalized spacial score (nSPS) is 14.3. The predicted molar refractivity (Wildman–Crippen MR) is 80.9 cm³/mol. The minimum atomic E-state index is 0.0989. The summed E-state index contributed by atoms with van der Waals surface area (Å²) in [6.07, 6.45) is 4.80. The molecule has 1 rings (SSSR count). The second-order valence-corrected chi connectivity index (χ2v) is 5.58. The fourth-order valence-corrected chi connectivity index (χ4v) is 2.89. The van der Waals surface area contributed by atoms with Gasteiger partial charge in [0.05, 0.1) is 7.11 Å². The van der Waals surface area contributed by atoms with E-state index < -0.39 is 0 Å². The van der Waals surface area contributed by atoms with Crippen molar-refractivity contribution in [3.05, 3.63) is 28.2 Å². The second-order valence-electron chi connectivity index (χ2n) is 4.72. The summed E-state index contributed by atoms with van der Waals surface area (Å²) in [5, 5.41) is 0. The third-order valence-corrected chi connectivity index (χ3v) is 4.21. The zero-order chi connectivity index (χ0) is 13.5. The smallest absolute Gasteiger partial charge is 0.120 e. The number of rotatable bonds is 7. The van der Waals surface area contributed by atoms with Crippen LogP contribution in [0.1, 0.15) is 51.1 Å². The topological polar surface area (TPSA) is 35.2 Å². The lowest BCUT2D eigenvalue weighted by atomic mass is 9.87. The molecule has 0 saturated carbocycles. The Morgan fingerprint density at radius 2 is 2.06 bits per heavy atom. The third-order valence-electron chi connectivity index (χ3n) is 3.53. The first-order valence-electron chi connectivity index (χ1n) is 6.73. The molecule has 0 fully saturated rings. The monoisotopic (exact) mass is 313 g/mol. The van der Waals surface area contributed by atoms with E-state index >= 15 is 0 Å².